The van der Waals surface area contributed by atoms with Crippen LogP contribution in [0.25, 0.3) is 0 Å². The minimum Gasteiger partial charge on any atom is -0.399 e. The molecule has 0 unspecified atom stereocenters. The fourth-order valence-electron chi connectivity index (χ4n) is 2.23. The molecule has 2 heterocycles. The normalized spacial score (nSPS) is 15.2. The Labute approximate surface area is 129 Å². The van der Waals surface area contributed by atoms with Gasteiger partial charge in [0.25, 0.3) is 0 Å². The summed E-state index contributed by atoms with van der Waals surface area (Å²) in [5, 5.41) is 2.03. The molecular weight excluding hydrogens is 338 g/mol. The Kier molecular flexibility index (Phi) is 3.67. The molecule has 0 saturated carbocycles. The quantitative estimate of drug-likeness (QED) is 0.859. The molecule has 1 saturated heterocycles. The van der Waals surface area contributed by atoms with Gasteiger partial charge in [0, 0.05) is 33.8 Å². The van der Waals surface area contributed by atoms with Crippen LogP contribution in [-0.4, -0.2) is 24.0 Å². The Balaban J connectivity index is 1.74. The standard InChI is InChI=1S/C14H14BrN3OS/c15-12-5-8-20-13(12)9-17-6-7-18(14(17)19)11-3-1-10(16)2-4-11/h1-5,8H,6-7,9,16H2. The molecular formula is C14H14BrN3OS. The Morgan fingerprint density at radius 1 is 1.20 bits per heavy atom. The number of amides is 2. The fraction of sp³-hybridized carbons (Fsp3) is 0.214. The van der Waals surface area contributed by atoms with Gasteiger partial charge < -0.3 is 10.6 Å². The summed E-state index contributed by atoms with van der Waals surface area (Å²) >= 11 is 5.17. The number of benzene rings is 1. The number of hydrogen-bond acceptors (Lipinski definition) is 3. The van der Waals surface area contributed by atoms with Gasteiger partial charge in [-0.15, -0.1) is 11.3 Å². The summed E-state index contributed by atoms with van der Waals surface area (Å²) in [6.07, 6.45) is 0. The van der Waals surface area contributed by atoms with Gasteiger partial charge in [0.1, 0.15) is 0 Å². The van der Waals surface area contributed by atoms with Crippen LogP contribution in [0.1, 0.15) is 4.88 Å². The summed E-state index contributed by atoms with van der Waals surface area (Å²) in [7, 11) is 0. The summed E-state index contributed by atoms with van der Waals surface area (Å²) in [6, 6.07) is 9.48. The number of nitrogens with two attached hydrogens (primary N) is 1. The molecule has 0 spiro atoms. The molecule has 0 bridgehead atoms. The zero-order valence-electron chi connectivity index (χ0n) is 10.8. The number of hydrogen-bond donors (Lipinski definition) is 1. The maximum absolute atomic E-state index is 12.4. The van der Waals surface area contributed by atoms with Gasteiger partial charge in [0.2, 0.25) is 0 Å². The third-order valence-electron chi connectivity index (χ3n) is 3.33. The molecule has 0 atom stereocenters. The number of carbonyl (C=O) groups is 1. The molecule has 1 fully saturated rings. The van der Waals surface area contributed by atoms with Gasteiger partial charge in [0.05, 0.1) is 6.54 Å². The van der Waals surface area contributed by atoms with Crippen LogP contribution >= 0.6 is 27.3 Å². The molecule has 4 nitrogen and oxygen atoms in total. The van der Waals surface area contributed by atoms with E-state index < -0.39 is 0 Å². The van der Waals surface area contributed by atoms with Crippen molar-refractivity contribution < 1.29 is 4.79 Å². The molecule has 6 heteroatoms. The third kappa shape index (κ3) is 2.53. The van der Waals surface area contributed by atoms with Crippen molar-refractivity contribution in [3.8, 4) is 0 Å². The second kappa shape index (κ2) is 5.46. The molecule has 3 rings (SSSR count). The first-order valence-electron chi connectivity index (χ1n) is 6.29. The van der Waals surface area contributed by atoms with Crippen LogP contribution in [0.2, 0.25) is 0 Å². The van der Waals surface area contributed by atoms with Crippen molar-refractivity contribution in [3.05, 3.63) is 45.1 Å². The average Bonchev–Trinajstić information content (AvgIpc) is 3.00. The van der Waals surface area contributed by atoms with E-state index in [1.807, 2.05) is 40.6 Å². The second-order valence-electron chi connectivity index (χ2n) is 4.64. The van der Waals surface area contributed by atoms with E-state index in [9.17, 15) is 4.79 Å². The summed E-state index contributed by atoms with van der Waals surface area (Å²) in [5.74, 6) is 0. The minimum atomic E-state index is 0.0510. The summed E-state index contributed by atoms with van der Waals surface area (Å²) in [6.45, 7) is 2.11. The molecule has 0 radical (unpaired) electrons. The fourth-order valence-corrected chi connectivity index (χ4v) is 3.73. The van der Waals surface area contributed by atoms with Crippen molar-refractivity contribution in [2.24, 2.45) is 0 Å². The highest BCUT2D eigenvalue weighted by Gasteiger charge is 2.29. The summed E-state index contributed by atoms with van der Waals surface area (Å²) in [4.78, 5) is 17.3. The molecule has 104 valence electrons. The van der Waals surface area contributed by atoms with Gasteiger partial charge in [-0.3, -0.25) is 4.90 Å². The number of thiophene rings is 1. The maximum atomic E-state index is 12.4. The predicted molar refractivity (Wildman–Crippen MR) is 86.0 cm³/mol. The Morgan fingerprint density at radius 3 is 2.60 bits per heavy atom. The third-order valence-corrected chi connectivity index (χ3v) is 5.24. The van der Waals surface area contributed by atoms with E-state index in [1.54, 1.807) is 16.2 Å². The molecule has 1 aliphatic rings. The smallest absolute Gasteiger partial charge is 0.324 e. The molecule has 2 amide bonds. The SMILES string of the molecule is Nc1ccc(N2CCN(Cc3sccc3Br)C2=O)cc1. The lowest BCUT2D eigenvalue weighted by molar-refractivity contribution is 0.219. The van der Waals surface area contributed by atoms with E-state index in [4.69, 9.17) is 5.73 Å². The van der Waals surface area contributed by atoms with E-state index in [-0.39, 0.29) is 6.03 Å². The zero-order valence-corrected chi connectivity index (χ0v) is 13.2. The highest BCUT2D eigenvalue weighted by Crippen LogP contribution is 2.27. The molecule has 20 heavy (non-hydrogen) atoms. The van der Waals surface area contributed by atoms with Crippen molar-refractivity contribution >= 4 is 44.7 Å². The van der Waals surface area contributed by atoms with Crippen LogP contribution in [0.5, 0.6) is 0 Å². The number of nitrogen functional groups attached to an aromatic ring is 1. The predicted octanol–water partition coefficient (Wildman–Crippen LogP) is 3.54. The molecule has 1 aliphatic heterocycles. The lowest BCUT2D eigenvalue weighted by atomic mass is 10.2. The summed E-state index contributed by atoms with van der Waals surface area (Å²) in [5.41, 5.74) is 7.28. The number of halogens is 1. The Hall–Kier alpha value is -1.53. The first kappa shape index (κ1) is 13.5. The van der Waals surface area contributed by atoms with Gasteiger partial charge in [-0.1, -0.05) is 0 Å². The first-order chi connectivity index (χ1) is 9.65. The van der Waals surface area contributed by atoms with Crippen LogP contribution in [0.3, 0.4) is 0 Å². The van der Waals surface area contributed by atoms with Crippen LogP contribution in [0, 0.1) is 0 Å². The number of anilines is 2. The van der Waals surface area contributed by atoms with E-state index in [1.165, 1.54) is 4.88 Å². The van der Waals surface area contributed by atoms with E-state index >= 15 is 0 Å². The van der Waals surface area contributed by atoms with Crippen molar-refractivity contribution in [2.75, 3.05) is 23.7 Å². The maximum Gasteiger partial charge on any atom is 0.324 e. The van der Waals surface area contributed by atoms with Crippen LogP contribution in [-0.2, 0) is 6.54 Å². The highest BCUT2D eigenvalue weighted by atomic mass is 79.9. The topological polar surface area (TPSA) is 49.6 Å². The highest BCUT2D eigenvalue weighted by molar-refractivity contribution is 9.10. The van der Waals surface area contributed by atoms with Gasteiger partial charge in [-0.05, 0) is 51.6 Å². The van der Waals surface area contributed by atoms with Crippen LogP contribution < -0.4 is 10.6 Å². The lowest BCUT2D eigenvalue weighted by Crippen LogP contribution is -2.31. The van der Waals surface area contributed by atoms with Crippen molar-refractivity contribution in [1.82, 2.24) is 4.90 Å². The molecule has 1 aromatic heterocycles. The number of urea groups is 1. The second-order valence-corrected chi connectivity index (χ2v) is 6.49. The van der Waals surface area contributed by atoms with Crippen LogP contribution in [0.15, 0.2) is 40.2 Å². The molecule has 2 N–H and O–H groups in total. The summed E-state index contributed by atoms with van der Waals surface area (Å²) < 4.78 is 1.07. The average molecular weight is 352 g/mol. The Morgan fingerprint density at radius 2 is 1.95 bits per heavy atom. The van der Waals surface area contributed by atoms with Crippen molar-refractivity contribution in [1.29, 1.82) is 0 Å². The van der Waals surface area contributed by atoms with E-state index in [0.29, 0.717) is 18.8 Å². The number of rotatable bonds is 3. The zero-order chi connectivity index (χ0) is 14.1. The first-order valence-corrected chi connectivity index (χ1v) is 7.96. The van der Waals surface area contributed by atoms with E-state index in [0.717, 1.165) is 16.7 Å². The van der Waals surface area contributed by atoms with Crippen LogP contribution in [0.4, 0.5) is 16.2 Å². The molecule has 1 aromatic carbocycles. The van der Waals surface area contributed by atoms with Crippen molar-refractivity contribution in [3.63, 3.8) is 0 Å². The number of nitrogens with zero attached hydrogens (tertiary/aromatic N) is 2. The molecule has 0 aliphatic carbocycles. The Bertz CT molecular complexity index is 626. The van der Waals surface area contributed by atoms with Gasteiger partial charge in [-0.25, -0.2) is 4.79 Å². The monoisotopic (exact) mass is 351 g/mol. The minimum absolute atomic E-state index is 0.0510. The van der Waals surface area contributed by atoms with Gasteiger partial charge in [0.15, 0.2) is 0 Å². The number of carbonyl (C=O) groups excluding carboxylic acids is 1. The van der Waals surface area contributed by atoms with Gasteiger partial charge in [-0.2, -0.15) is 0 Å². The molecule has 2 aromatic rings. The largest absolute Gasteiger partial charge is 0.399 e. The lowest BCUT2D eigenvalue weighted by Gasteiger charge is -2.18. The van der Waals surface area contributed by atoms with Gasteiger partial charge >= 0.3 is 6.03 Å². The van der Waals surface area contributed by atoms with Crippen molar-refractivity contribution in [2.45, 2.75) is 6.54 Å². The van der Waals surface area contributed by atoms with E-state index in [2.05, 4.69) is 15.9 Å².